The van der Waals surface area contributed by atoms with Crippen molar-refractivity contribution >= 4 is 19.4 Å². The maximum Gasteiger partial charge on any atom is 0.0814 e. The van der Waals surface area contributed by atoms with E-state index < -0.39 is 0 Å². The molecule has 4 heteroatoms. The topological polar surface area (TPSA) is 0 Å². The van der Waals surface area contributed by atoms with E-state index in [2.05, 4.69) is 0 Å². The van der Waals surface area contributed by atoms with Crippen LogP contribution >= 0.6 is 0 Å². The van der Waals surface area contributed by atoms with Gasteiger partial charge < -0.3 is 0 Å². The summed E-state index contributed by atoms with van der Waals surface area (Å²) in [7, 11) is 0. The van der Waals surface area contributed by atoms with Crippen LogP contribution < -0.4 is 0 Å². The van der Waals surface area contributed by atoms with E-state index in [1.807, 2.05) is 0 Å². The van der Waals surface area contributed by atoms with Crippen LogP contribution in [0.1, 0.15) is 0 Å². The molecule has 0 aromatic rings. The van der Waals surface area contributed by atoms with Gasteiger partial charge in [-0.1, -0.05) is 0 Å². The number of hydrogen-bond acceptors (Lipinski definition) is 0. The fourth-order valence-corrected chi connectivity index (χ4v) is 0. The zero-order valence-corrected chi connectivity index (χ0v) is 5.17. The van der Waals surface area contributed by atoms with Crippen molar-refractivity contribution < 1.29 is 57.9 Å². The Hall–Kier alpha value is 2.15. The van der Waals surface area contributed by atoms with Crippen molar-refractivity contribution in [1.29, 1.82) is 0 Å². The van der Waals surface area contributed by atoms with Gasteiger partial charge >= 0.3 is 0 Å². The van der Waals surface area contributed by atoms with Gasteiger partial charge in [-0.05, 0) is 11.0 Å². The van der Waals surface area contributed by atoms with Gasteiger partial charge in [-0.3, -0.25) is 0 Å². The molecule has 0 unspecified atom stereocenters. The molecule has 0 aromatic carbocycles. The zero-order chi connectivity index (χ0) is 0. The summed E-state index contributed by atoms with van der Waals surface area (Å²) in [5.41, 5.74) is 0. The second-order valence-corrected chi connectivity index (χ2v) is 0. The van der Waals surface area contributed by atoms with Crippen molar-refractivity contribution in [2.75, 3.05) is 0 Å². The van der Waals surface area contributed by atoms with E-state index >= 15 is 0 Å². The van der Waals surface area contributed by atoms with Crippen molar-refractivity contribution in [3.8, 4) is 0 Å². The first-order chi connectivity index (χ1) is 0. The maximum absolute atomic E-state index is 0. The predicted molar refractivity (Wildman–Crippen MR) is 21.3 cm³/mol. The average molecular weight is 246 g/mol. The first kappa shape index (κ1) is 35.3. The quantitative estimate of drug-likeness (QED) is 0.410. The second kappa shape index (κ2) is 19.2. The van der Waals surface area contributed by atoms with Gasteiger partial charge in [0.2, 0.25) is 0 Å². The maximum atomic E-state index is 0. The molecule has 0 fully saturated rings. The molecule has 0 saturated carbocycles. The molecule has 0 spiro atoms. The van der Waals surface area contributed by atoms with Crippen molar-refractivity contribution in [3.05, 3.63) is 0 Å². The van der Waals surface area contributed by atoms with Gasteiger partial charge in [0.15, 0.2) is 0 Å². The fourth-order valence-electron chi connectivity index (χ4n) is 0. The number of hydrogen-bond donors (Lipinski definition) is 0. The minimum atomic E-state index is 0. The van der Waals surface area contributed by atoms with Gasteiger partial charge in [0.05, 0.1) is 8.41 Å². The molecular weight excluding hydrogens is 239 g/mol. The third kappa shape index (κ3) is 8.91. The summed E-state index contributed by atoms with van der Waals surface area (Å²) >= 11 is 0. The van der Waals surface area contributed by atoms with Crippen LogP contribution in [0.2, 0.25) is 0 Å². The molecule has 0 N–H and O–H groups in total. The molecule has 0 aliphatic carbocycles. The van der Waals surface area contributed by atoms with Gasteiger partial charge in [0.1, 0.15) is 0 Å². The summed E-state index contributed by atoms with van der Waals surface area (Å²) in [5, 5.41) is 0. The molecule has 0 aromatic heterocycles. The molecule has 4 heavy (non-hydrogen) atoms. The predicted octanol–water partition coefficient (Wildman–Crippen LogP) is -2.64. The smallest absolute Gasteiger partial charge is 0.0149 e. The zero-order valence-electron chi connectivity index (χ0n) is 0.854. The van der Waals surface area contributed by atoms with Crippen LogP contribution in [0, 0.1) is 40.8 Å². The van der Waals surface area contributed by atoms with E-state index in [1.165, 1.54) is 0 Å². The molecule has 0 radical (unpaired) electrons. The normalized spacial score (nSPS) is 0. The third-order valence-electron chi connectivity index (χ3n) is 0. The Kier molecular flexibility index (Phi) is 169. The molecule has 0 aliphatic rings. The van der Waals surface area contributed by atoms with Crippen LogP contribution in [0.5, 0.6) is 0 Å². The van der Waals surface area contributed by atoms with Crippen LogP contribution in [0.4, 0.5) is 0 Å². The van der Waals surface area contributed by atoms with E-state index in [0.29, 0.717) is 0 Å². The van der Waals surface area contributed by atoms with Crippen LogP contribution in [-0.2, 0) is 17.1 Å². The largest absolute Gasteiger partial charge is 0.0814 e. The van der Waals surface area contributed by atoms with Crippen molar-refractivity contribution in [2.24, 2.45) is 0 Å². The Morgan fingerprint density at radius 1 is 1.00 bits per heavy atom. The SMILES string of the molecule is B.[Fe].[Nd].[SiH4]. The first-order valence-corrected chi connectivity index (χ1v) is 0. The Morgan fingerprint density at radius 3 is 1.00 bits per heavy atom. The molecule has 0 rings (SSSR count). The average Bonchev–Trinajstić information content (AvgIpc) is 0. The summed E-state index contributed by atoms with van der Waals surface area (Å²) in [6.07, 6.45) is 0. The van der Waals surface area contributed by atoms with Crippen LogP contribution in [0.15, 0.2) is 0 Å². The summed E-state index contributed by atoms with van der Waals surface area (Å²) in [4.78, 5) is 0. The first-order valence-electron chi connectivity index (χ1n) is 0. The Balaban J connectivity index is 0. The summed E-state index contributed by atoms with van der Waals surface area (Å²) in [5.74, 6) is 0. The Labute approximate surface area is 76.1 Å². The van der Waals surface area contributed by atoms with Gasteiger partial charge in [-0.25, -0.2) is 0 Å². The van der Waals surface area contributed by atoms with Gasteiger partial charge in [0, 0.05) is 57.9 Å². The minimum Gasteiger partial charge on any atom is -0.0149 e. The molecule has 0 nitrogen and oxygen atoms in total. The molecule has 26 valence electrons. The summed E-state index contributed by atoms with van der Waals surface area (Å²) < 4.78 is 0. The summed E-state index contributed by atoms with van der Waals surface area (Å²) in [6, 6.07) is 0. The van der Waals surface area contributed by atoms with E-state index in [9.17, 15) is 0 Å². The van der Waals surface area contributed by atoms with Crippen LogP contribution in [-0.4, -0.2) is 19.4 Å². The summed E-state index contributed by atoms with van der Waals surface area (Å²) in [6.45, 7) is 0. The minimum absolute atomic E-state index is 0. The standard InChI is InChI=1S/BH3.Fe.Nd.H4Si/h1H3;;;1H4. The van der Waals surface area contributed by atoms with E-state index in [4.69, 9.17) is 0 Å². The molecule has 0 amide bonds. The third-order valence-corrected chi connectivity index (χ3v) is 0. The van der Waals surface area contributed by atoms with E-state index in [1.54, 1.807) is 0 Å². The molecule has 0 heterocycles. The molecule has 0 atom stereocenters. The Morgan fingerprint density at radius 2 is 1.00 bits per heavy atom. The molecule has 0 bridgehead atoms. The van der Waals surface area contributed by atoms with Gasteiger partial charge in [0.25, 0.3) is 0 Å². The van der Waals surface area contributed by atoms with Crippen molar-refractivity contribution in [1.82, 2.24) is 0 Å². The van der Waals surface area contributed by atoms with E-state index in [0.717, 1.165) is 0 Å². The fraction of sp³-hybridized carbons (Fsp3) is 0. The molecular formula is H7BFeNdSi. The number of rotatable bonds is 0. The van der Waals surface area contributed by atoms with Gasteiger partial charge in [-0.2, -0.15) is 0 Å². The molecule has 0 saturated heterocycles. The Bertz CT molecular complexity index is 8.00. The van der Waals surface area contributed by atoms with Gasteiger partial charge in [-0.15, -0.1) is 0 Å². The molecule has 0 aliphatic heterocycles. The van der Waals surface area contributed by atoms with Crippen LogP contribution in [0.3, 0.4) is 0 Å². The van der Waals surface area contributed by atoms with Crippen LogP contribution in [0.25, 0.3) is 0 Å². The van der Waals surface area contributed by atoms with E-state index in [-0.39, 0.29) is 77.3 Å². The van der Waals surface area contributed by atoms with Crippen molar-refractivity contribution in [3.63, 3.8) is 0 Å². The second-order valence-electron chi connectivity index (χ2n) is 0. The monoisotopic (exact) mass is 244 g/mol. The van der Waals surface area contributed by atoms with Crippen molar-refractivity contribution in [2.45, 2.75) is 0 Å².